The first-order valence-electron chi connectivity index (χ1n) is 10.3. The molecule has 0 aliphatic carbocycles. The molecule has 1 spiro atoms. The molecule has 11 nitrogen and oxygen atoms in total. The first-order chi connectivity index (χ1) is 16.2. The third kappa shape index (κ3) is 4.60. The second-order valence-corrected chi connectivity index (χ2v) is 8.94. The van der Waals surface area contributed by atoms with E-state index >= 15 is 0 Å². The fraction of sp³-hybridized carbons (Fsp3) is 0.474. The number of carboxylic acid groups (broad SMARTS) is 1. The average molecular weight is 497 g/mol. The molecule has 1 aromatic carbocycles. The minimum atomic E-state index is -4.75. The van der Waals surface area contributed by atoms with Crippen molar-refractivity contribution in [1.82, 2.24) is 30.4 Å². The summed E-state index contributed by atoms with van der Waals surface area (Å²) in [5.41, 5.74) is -0.0281. The number of anilines is 1. The van der Waals surface area contributed by atoms with E-state index < -0.39 is 24.5 Å². The summed E-state index contributed by atoms with van der Waals surface area (Å²) in [6, 6.07) is 4.48. The highest BCUT2D eigenvalue weighted by Gasteiger charge is 2.42. The summed E-state index contributed by atoms with van der Waals surface area (Å²) in [4.78, 5) is 13.8. The van der Waals surface area contributed by atoms with Gasteiger partial charge in [-0.1, -0.05) is 17.4 Å². The van der Waals surface area contributed by atoms with Crippen LogP contribution >= 0.6 is 11.3 Å². The molecule has 2 aliphatic rings. The molecule has 15 heteroatoms. The van der Waals surface area contributed by atoms with E-state index in [0.717, 1.165) is 4.80 Å². The van der Waals surface area contributed by atoms with Crippen molar-refractivity contribution in [3.63, 3.8) is 0 Å². The highest BCUT2D eigenvalue weighted by atomic mass is 32.1. The predicted molar refractivity (Wildman–Crippen MR) is 111 cm³/mol. The molecular formula is C19H18F3N7O4S. The highest BCUT2D eigenvalue weighted by Crippen LogP contribution is 2.44. The zero-order valence-corrected chi connectivity index (χ0v) is 18.3. The zero-order valence-electron chi connectivity index (χ0n) is 17.5. The second kappa shape index (κ2) is 8.38. The number of rotatable bonds is 5. The predicted octanol–water partition coefficient (Wildman–Crippen LogP) is 2.54. The van der Waals surface area contributed by atoms with Gasteiger partial charge in [-0.3, -0.25) is 4.79 Å². The van der Waals surface area contributed by atoms with Gasteiger partial charge < -0.3 is 19.5 Å². The normalized spacial score (nSPS) is 17.3. The van der Waals surface area contributed by atoms with Crippen molar-refractivity contribution in [3.05, 3.63) is 23.8 Å². The molecule has 2 aliphatic heterocycles. The molecule has 0 saturated carbocycles. The van der Waals surface area contributed by atoms with E-state index in [1.165, 1.54) is 23.5 Å². The Balaban J connectivity index is 1.24. The third-order valence-electron chi connectivity index (χ3n) is 5.75. The fourth-order valence-corrected chi connectivity index (χ4v) is 4.97. The summed E-state index contributed by atoms with van der Waals surface area (Å²) < 4.78 is 48.5. The number of aromatic nitrogens is 6. The summed E-state index contributed by atoms with van der Waals surface area (Å²) in [5.74, 6) is -0.675. The molecule has 1 N–H and O–H groups in total. The maximum atomic E-state index is 12.7. The van der Waals surface area contributed by atoms with Crippen LogP contribution < -0.4 is 14.4 Å². The summed E-state index contributed by atoms with van der Waals surface area (Å²) in [5, 5.41) is 29.7. The van der Waals surface area contributed by atoms with Gasteiger partial charge in [0, 0.05) is 31.5 Å². The number of hydrogen-bond acceptors (Lipinski definition) is 10. The lowest BCUT2D eigenvalue weighted by atomic mass is 9.83. The molecule has 2 aromatic heterocycles. The molecule has 1 fully saturated rings. The third-order valence-corrected chi connectivity index (χ3v) is 6.73. The summed E-state index contributed by atoms with van der Waals surface area (Å²) >= 11 is 1.27. The van der Waals surface area contributed by atoms with Gasteiger partial charge in [0.25, 0.3) is 0 Å². The van der Waals surface area contributed by atoms with Crippen molar-refractivity contribution in [2.45, 2.75) is 44.2 Å². The molecule has 0 amide bonds. The van der Waals surface area contributed by atoms with Crippen LogP contribution in [0.1, 0.15) is 24.8 Å². The van der Waals surface area contributed by atoms with Gasteiger partial charge in [-0.2, -0.15) is 4.80 Å². The lowest BCUT2D eigenvalue weighted by Gasteiger charge is -2.44. The van der Waals surface area contributed by atoms with Crippen molar-refractivity contribution in [2.75, 3.05) is 18.0 Å². The molecule has 34 heavy (non-hydrogen) atoms. The van der Waals surface area contributed by atoms with Crippen LogP contribution in [0.15, 0.2) is 18.2 Å². The molecule has 0 bridgehead atoms. The average Bonchev–Trinajstić information content (AvgIpc) is 3.43. The van der Waals surface area contributed by atoms with Crippen molar-refractivity contribution in [3.8, 4) is 22.3 Å². The molecule has 3 aromatic rings. The zero-order chi connectivity index (χ0) is 23.9. The van der Waals surface area contributed by atoms with Gasteiger partial charge in [0.2, 0.25) is 11.0 Å². The van der Waals surface area contributed by atoms with E-state index in [1.807, 2.05) is 0 Å². The first kappa shape index (κ1) is 22.3. The van der Waals surface area contributed by atoms with Crippen LogP contribution in [0, 0.1) is 0 Å². The van der Waals surface area contributed by atoms with E-state index in [9.17, 15) is 18.0 Å². The Morgan fingerprint density at radius 2 is 2.00 bits per heavy atom. The number of halogens is 3. The maximum Gasteiger partial charge on any atom is 0.573 e. The number of carbonyl (C=O) groups is 1. The van der Waals surface area contributed by atoms with Gasteiger partial charge in [0.05, 0.1) is 0 Å². The number of fused-ring (bicyclic) bond motifs is 1. The van der Waals surface area contributed by atoms with E-state index in [0.29, 0.717) is 60.2 Å². The fourth-order valence-electron chi connectivity index (χ4n) is 4.15. The van der Waals surface area contributed by atoms with Crippen molar-refractivity contribution in [2.24, 2.45) is 0 Å². The minimum absolute atomic E-state index is 0.197. The smallest absolute Gasteiger partial charge is 0.487 e. The van der Waals surface area contributed by atoms with E-state index in [-0.39, 0.29) is 11.6 Å². The number of ether oxygens (including phenoxy) is 2. The Morgan fingerprint density at radius 1 is 1.21 bits per heavy atom. The van der Waals surface area contributed by atoms with Crippen LogP contribution in [-0.2, 0) is 17.8 Å². The Bertz CT molecular complexity index is 1210. The largest absolute Gasteiger partial charge is 0.573 e. The number of tetrazole rings is 1. The van der Waals surface area contributed by atoms with Gasteiger partial charge in [-0.25, -0.2) is 0 Å². The Morgan fingerprint density at radius 3 is 2.74 bits per heavy atom. The quantitative estimate of drug-likeness (QED) is 0.562. The molecule has 0 atom stereocenters. The molecule has 5 rings (SSSR count). The van der Waals surface area contributed by atoms with Gasteiger partial charge >= 0.3 is 12.3 Å². The van der Waals surface area contributed by atoms with E-state index in [1.54, 1.807) is 6.07 Å². The van der Waals surface area contributed by atoms with Crippen molar-refractivity contribution < 1.29 is 32.5 Å². The number of nitrogens with zero attached hydrogens (tertiary/aromatic N) is 7. The lowest BCUT2D eigenvalue weighted by Crippen LogP contribution is -2.49. The van der Waals surface area contributed by atoms with Crippen LogP contribution in [-0.4, -0.2) is 66.5 Å². The molecule has 0 radical (unpaired) electrons. The molecular weight excluding hydrogens is 479 g/mol. The van der Waals surface area contributed by atoms with Crippen molar-refractivity contribution in [1.29, 1.82) is 0 Å². The molecule has 1 saturated heterocycles. The SMILES string of the molecule is O=C(O)Cn1nnc(-c2nnc(N3CCC4(CCc5c(OC(F)(F)F)cccc5O4)CC3)s2)n1. The van der Waals surface area contributed by atoms with E-state index in [4.69, 9.17) is 9.84 Å². The number of alkyl halides is 3. The van der Waals surface area contributed by atoms with Crippen LogP contribution in [0.4, 0.5) is 18.3 Å². The van der Waals surface area contributed by atoms with Gasteiger partial charge in [0.15, 0.2) is 11.6 Å². The maximum absolute atomic E-state index is 12.7. The number of carboxylic acids is 1. The Hall–Kier alpha value is -3.49. The molecule has 180 valence electrons. The topological polar surface area (TPSA) is 128 Å². The second-order valence-electron chi connectivity index (χ2n) is 7.98. The summed E-state index contributed by atoms with van der Waals surface area (Å²) in [6.07, 6.45) is -2.40. The first-order valence-corrected chi connectivity index (χ1v) is 11.2. The number of hydrogen-bond donors (Lipinski definition) is 1. The summed E-state index contributed by atoms with van der Waals surface area (Å²) in [6.45, 7) is 0.851. The van der Waals surface area contributed by atoms with Crippen LogP contribution in [0.2, 0.25) is 0 Å². The van der Waals surface area contributed by atoms with Gasteiger partial charge in [-0.05, 0) is 30.2 Å². The lowest BCUT2D eigenvalue weighted by molar-refractivity contribution is -0.275. The molecule has 4 heterocycles. The van der Waals surface area contributed by atoms with Crippen molar-refractivity contribution >= 4 is 22.4 Å². The monoisotopic (exact) mass is 497 g/mol. The van der Waals surface area contributed by atoms with E-state index in [2.05, 4.69) is 35.2 Å². The van der Waals surface area contributed by atoms with Crippen LogP contribution in [0.25, 0.3) is 10.8 Å². The standard InChI is InChI=1S/C19H18F3N7O4S/c20-19(21,22)33-13-3-1-2-12-11(13)4-5-18(32-12)6-8-28(9-7-18)17-25-24-16(34-17)15-23-27-29(26-15)10-14(30)31/h1-3H,4-10H2,(H,30,31). The van der Waals surface area contributed by atoms with Crippen LogP contribution in [0.5, 0.6) is 11.5 Å². The number of piperidine rings is 1. The Kier molecular flexibility index (Phi) is 5.50. The molecule has 0 unspecified atom stereocenters. The highest BCUT2D eigenvalue weighted by molar-refractivity contribution is 7.18. The van der Waals surface area contributed by atoms with Crippen LogP contribution in [0.3, 0.4) is 0 Å². The number of aliphatic carboxylic acids is 1. The number of benzene rings is 1. The minimum Gasteiger partial charge on any atom is -0.487 e. The van der Waals surface area contributed by atoms with Gasteiger partial charge in [-0.15, -0.1) is 33.6 Å². The van der Waals surface area contributed by atoms with Gasteiger partial charge in [0.1, 0.15) is 17.1 Å². The Labute approximate surface area is 194 Å². The summed E-state index contributed by atoms with van der Waals surface area (Å²) in [7, 11) is 0.